The van der Waals surface area contributed by atoms with Gasteiger partial charge in [0.1, 0.15) is 10.6 Å². The van der Waals surface area contributed by atoms with Gasteiger partial charge < -0.3 is 19.7 Å². The molecular weight excluding hydrogens is 394 g/mol. The number of nitrogens with zero attached hydrogens (tertiary/aromatic N) is 1. The molecule has 0 saturated carbocycles. The second kappa shape index (κ2) is 9.15. The number of sulfonamides is 1. The largest absolute Gasteiger partial charge is 0.492 e. The lowest BCUT2D eigenvalue weighted by Crippen LogP contribution is -2.36. The van der Waals surface area contributed by atoms with Crippen molar-refractivity contribution in [2.45, 2.75) is 11.8 Å². The van der Waals surface area contributed by atoms with E-state index in [1.54, 1.807) is 19.1 Å². The Bertz CT molecular complexity index is 955. The van der Waals surface area contributed by atoms with Crippen LogP contribution in [-0.2, 0) is 14.8 Å². The van der Waals surface area contributed by atoms with E-state index >= 15 is 0 Å². The van der Waals surface area contributed by atoms with Crippen LogP contribution in [0.1, 0.15) is 17.3 Å². The van der Waals surface area contributed by atoms with E-state index < -0.39 is 10.0 Å². The van der Waals surface area contributed by atoms with Gasteiger partial charge in [-0.25, -0.2) is 8.42 Å². The van der Waals surface area contributed by atoms with Gasteiger partial charge in [-0.3, -0.25) is 9.52 Å². The van der Waals surface area contributed by atoms with Gasteiger partial charge in [0.2, 0.25) is 0 Å². The van der Waals surface area contributed by atoms with E-state index in [-0.39, 0.29) is 22.1 Å². The molecule has 0 bridgehead atoms. The molecule has 1 fully saturated rings. The maximum atomic E-state index is 13.0. The number of amides is 1. The summed E-state index contributed by atoms with van der Waals surface area (Å²) in [5, 5.41) is 2.49. The Morgan fingerprint density at radius 2 is 1.83 bits per heavy atom. The van der Waals surface area contributed by atoms with Gasteiger partial charge in [0.15, 0.2) is 0 Å². The van der Waals surface area contributed by atoms with E-state index in [2.05, 4.69) is 14.9 Å². The molecule has 1 aliphatic heterocycles. The first-order chi connectivity index (χ1) is 13.9. The summed E-state index contributed by atoms with van der Waals surface area (Å²) in [5.74, 6) is -0.183. The molecule has 0 aliphatic carbocycles. The third-order valence-electron chi connectivity index (χ3n) is 4.52. The lowest BCUT2D eigenvalue weighted by Gasteiger charge is -2.28. The van der Waals surface area contributed by atoms with Crippen LogP contribution in [0.4, 0.5) is 11.4 Å². The Balaban J connectivity index is 1.85. The van der Waals surface area contributed by atoms with E-state index in [0.29, 0.717) is 25.5 Å². The van der Waals surface area contributed by atoms with Crippen molar-refractivity contribution >= 4 is 27.3 Å². The number of morpholine rings is 1. The van der Waals surface area contributed by atoms with Crippen LogP contribution in [0, 0.1) is 0 Å². The van der Waals surface area contributed by atoms with E-state index in [1.165, 1.54) is 25.2 Å². The predicted octanol–water partition coefficient (Wildman–Crippen LogP) is 2.08. The highest BCUT2D eigenvalue weighted by molar-refractivity contribution is 7.92. The van der Waals surface area contributed by atoms with Crippen molar-refractivity contribution in [3.8, 4) is 5.75 Å². The Labute approximate surface area is 170 Å². The molecule has 0 atom stereocenters. The summed E-state index contributed by atoms with van der Waals surface area (Å²) in [6.07, 6.45) is 0. The Hall–Kier alpha value is -2.78. The molecule has 2 aromatic rings. The Kier molecular flexibility index (Phi) is 6.60. The molecule has 2 N–H and O–H groups in total. The number of nitrogens with one attached hydrogen (secondary N) is 2. The second-order valence-corrected chi connectivity index (χ2v) is 8.08. The number of carbonyl (C=O) groups is 1. The number of hydrogen-bond donors (Lipinski definition) is 2. The normalized spacial score (nSPS) is 14.3. The SMILES string of the molecule is CCOc1ccc(C(=O)NC)cc1S(=O)(=O)Nc1ccc(N2CCOCC2)cc1. The lowest BCUT2D eigenvalue weighted by atomic mass is 10.2. The van der Waals surface area contributed by atoms with Crippen molar-refractivity contribution in [2.75, 3.05) is 49.6 Å². The van der Waals surface area contributed by atoms with E-state index in [4.69, 9.17) is 9.47 Å². The summed E-state index contributed by atoms with van der Waals surface area (Å²) in [6.45, 7) is 5.02. The molecule has 1 aliphatic rings. The van der Waals surface area contributed by atoms with Gasteiger partial charge in [0, 0.05) is 37.1 Å². The molecule has 1 saturated heterocycles. The standard InChI is InChI=1S/C20H25N3O5S/c1-3-28-18-9-4-15(20(24)21-2)14-19(18)29(25,26)22-16-5-7-17(8-6-16)23-10-12-27-13-11-23/h4-9,14,22H,3,10-13H2,1-2H3,(H,21,24). The third-order valence-corrected chi connectivity index (χ3v) is 5.92. The van der Waals surface area contributed by atoms with Gasteiger partial charge in [0.05, 0.1) is 19.8 Å². The molecule has 156 valence electrons. The maximum Gasteiger partial charge on any atom is 0.265 e. The fraction of sp³-hybridized carbons (Fsp3) is 0.350. The Morgan fingerprint density at radius 1 is 1.14 bits per heavy atom. The molecule has 2 aromatic carbocycles. The van der Waals surface area contributed by atoms with Crippen LogP contribution in [0.3, 0.4) is 0 Å². The van der Waals surface area contributed by atoms with Crippen LogP contribution < -0.4 is 19.7 Å². The van der Waals surface area contributed by atoms with Crippen LogP contribution in [0.5, 0.6) is 5.75 Å². The quantitative estimate of drug-likeness (QED) is 0.713. The van der Waals surface area contributed by atoms with Crippen molar-refractivity contribution in [3.63, 3.8) is 0 Å². The highest BCUT2D eigenvalue weighted by Gasteiger charge is 2.22. The van der Waals surface area contributed by atoms with Crippen molar-refractivity contribution in [1.29, 1.82) is 0 Å². The van der Waals surface area contributed by atoms with Crippen LogP contribution in [-0.4, -0.2) is 54.3 Å². The number of anilines is 2. The summed E-state index contributed by atoms with van der Waals surface area (Å²) in [6, 6.07) is 11.5. The molecule has 9 heteroatoms. The zero-order valence-electron chi connectivity index (χ0n) is 16.5. The van der Waals surface area contributed by atoms with E-state index in [1.807, 2.05) is 12.1 Å². The number of rotatable bonds is 7. The van der Waals surface area contributed by atoms with Gasteiger partial charge in [-0.15, -0.1) is 0 Å². The highest BCUT2D eigenvalue weighted by atomic mass is 32.2. The predicted molar refractivity (Wildman–Crippen MR) is 111 cm³/mol. The fourth-order valence-electron chi connectivity index (χ4n) is 3.05. The van der Waals surface area contributed by atoms with Crippen molar-refractivity contribution in [2.24, 2.45) is 0 Å². The smallest absolute Gasteiger partial charge is 0.265 e. The zero-order chi connectivity index (χ0) is 20.9. The summed E-state index contributed by atoms with van der Waals surface area (Å²) in [7, 11) is -2.47. The van der Waals surface area contributed by atoms with Gasteiger partial charge in [-0.05, 0) is 49.4 Å². The minimum absolute atomic E-state index is 0.0855. The van der Waals surface area contributed by atoms with E-state index in [9.17, 15) is 13.2 Å². The molecule has 8 nitrogen and oxygen atoms in total. The lowest BCUT2D eigenvalue weighted by molar-refractivity contribution is 0.0963. The number of carbonyl (C=O) groups excluding carboxylic acids is 1. The average Bonchev–Trinajstić information content (AvgIpc) is 2.74. The fourth-order valence-corrected chi connectivity index (χ4v) is 4.28. The first kappa shape index (κ1) is 20.9. The number of benzene rings is 2. The number of ether oxygens (including phenoxy) is 2. The van der Waals surface area contributed by atoms with Crippen LogP contribution in [0.2, 0.25) is 0 Å². The molecular formula is C20H25N3O5S. The zero-order valence-corrected chi connectivity index (χ0v) is 17.3. The van der Waals surface area contributed by atoms with Gasteiger partial charge in [0.25, 0.3) is 15.9 Å². The molecule has 29 heavy (non-hydrogen) atoms. The summed E-state index contributed by atoms with van der Waals surface area (Å²) in [5.41, 5.74) is 1.67. The van der Waals surface area contributed by atoms with Crippen molar-refractivity contribution < 1.29 is 22.7 Å². The molecule has 1 heterocycles. The maximum absolute atomic E-state index is 13.0. The minimum atomic E-state index is -3.96. The second-order valence-electron chi connectivity index (χ2n) is 6.43. The Morgan fingerprint density at radius 3 is 2.45 bits per heavy atom. The number of hydrogen-bond acceptors (Lipinski definition) is 6. The topological polar surface area (TPSA) is 97.0 Å². The molecule has 0 unspecified atom stereocenters. The molecule has 1 amide bonds. The van der Waals surface area contributed by atoms with Crippen molar-refractivity contribution in [1.82, 2.24) is 5.32 Å². The molecule has 0 aromatic heterocycles. The van der Waals surface area contributed by atoms with Crippen LogP contribution in [0.15, 0.2) is 47.4 Å². The highest BCUT2D eigenvalue weighted by Crippen LogP contribution is 2.28. The first-order valence-corrected chi connectivity index (χ1v) is 10.9. The average molecular weight is 420 g/mol. The molecule has 3 rings (SSSR count). The molecule has 0 spiro atoms. The third kappa shape index (κ3) is 4.99. The van der Waals surface area contributed by atoms with Gasteiger partial charge >= 0.3 is 0 Å². The van der Waals surface area contributed by atoms with Gasteiger partial charge in [-0.1, -0.05) is 0 Å². The van der Waals surface area contributed by atoms with Crippen molar-refractivity contribution in [3.05, 3.63) is 48.0 Å². The summed E-state index contributed by atoms with van der Waals surface area (Å²) >= 11 is 0. The van der Waals surface area contributed by atoms with Crippen LogP contribution in [0.25, 0.3) is 0 Å². The van der Waals surface area contributed by atoms with Crippen LogP contribution >= 0.6 is 0 Å². The molecule has 0 radical (unpaired) electrons. The van der Waals surface area contributed by atoms with E-state index in [0.717, 1.165) is 18.8 Å². The van der Waals surface area contributed by atoms with Gasteiger partial charge in [-0.2, -0.15) is 0 Å². The minimum Gasteiger partial charge on any atom is -0.492 e. The summed E-state index contributed by atoms with van der Waals surface area (Å²) < 4.78 is 39.4. The monoisotopic (exact) mass is 419 g/mol. The first-order valence-electron chi connectivity index (χ1n) is 9.39. The summed E-state index contributed by atoms with van der Waals surface area (Å²) in [4.78, 5) is 14.0.